The zero-order valence-corrected chi connectivity index (χ0v) is 11.8. The summed E-state index contributed by atoms with van der Waals surface area (Å²) >= 11 is 5.87. The number of hydrogen-bond acceptors (Lipinski definition) is 5. The minimum Gasteiger partial charge on any atom is -0.382 e. The molecule has 1 N–H and O–H groups in total. The van der Waals surface area contributed by atoms with E-state index in [0.29, 0.717) is 6.61 Å². The SMILES string of the molecule is COCC(CNC(=O)c1cc([N+](=O)[O-])ccc1Cl)OC. The number of carbonyl (C=O) groups excluding carboxylic acids is 1. The van der Waals surface area contributed by atoms with E-state index in [1.807, 2.05) is 0 Å². The fourth-order valence-electron chi connectivity index (χ4n) is 1.50. The van der Waals surface area contributed by atoms with Crippen molar-refractivity contribution >= 4 is 23.2 Å². The molecule has 1 atom stereocenters. The fraction of sp³-hybridized carbons (Fsp3) is 0.417. The molecule has 0 aliphatic heterocycles. The normalized spacial score (nSPS) is 11.9. The van der Waals surface area contributed by atoms with Crippen molar-refractivity contribution in [2.24, 2.45) is 0 Å². The first-order chi connectivity index (χ1) is 9.49. The Bertz CT molecular complexity index is 495. The number of ether oxygens (including phenoxy) is 2. The molecule has 0 saturated carbocycles. The molecule has 0 aromatic heterocycles. The summed E-state index contributed by atoms with van der Waals surface area (Å²) in [5.41, 5.74) is -0.145. The van der Waals surface area contributed by atoms with E-state index in [9.17, 15) is 14.9 Å². The highest BCUT2D eigenvalue weighted by atomic mass is 35.5. The van der Waals surface area contributed by atoms with E-state index < -0.39 is 10.8 Å². The average Bonchev–Trinajstić information content (AvgIpc) is 2.43. The van der Waals surface area contributed by atoms with E-state index in [1.165, 1.54) is 26.4 Å². The van der Waals surface area contributed by atoms with Gasteiger partial charge in [-0.25, -0.2) is 0 Å². The Labute approximate surface area is 121 Å². The van der Waals surface area contributed by atoms with Crippen LogP contribution >= 0.6 is 11.6 Å². The molecule has 1 aromatic rings. The van der Waals surface area contributed by atoms with Gasteiger partial charge < -0.3 is 14.8 Å². The Balaban J connectivity index is 2.76. The first-order valence-corrected chi connectivity index (χ1v) is 6.11. The van der Waals surface area contributed by atoms with Crippen LogP contribution in [0, 0.1) is 10.1 Å². The predicted octanol–water partition coefficient (Wildman–Crippen LogP) is 1.64. The van der Waals surface area contributed by atoms with Crippen LogP contribution < -0.4 is 5.32 Å². The van der Waals surface area contributed by atoms with E-state index in [2.05, 4.69) is 5.32 Å². The summed E-state index contributed by atoms with van der Waals surface area (Å²) in [5, 5.41) is 13.4. The third-order valence-corrected chi connectivity index (χ3v) is 2.91. The first-order valence-electron chi connectivity index (χ1n) is 5.73. The van der Waals surface area contributed by atoms with Crippen LogP contribution in [0.25, 0.3) is 0 Å². The lowest BCUT2D eigenvalue weighted by atomic mass is 10.2. The Morgan fingerprint density at radius 2 is 2.20 bits per heavy atom. The van der Waals surface area contributed by atoms with Crippen LogP contribution in [0.2, 0.25) is 5.02 Å². The van der Waals surface area contributed by atoms with Gasteiger partial charge in [-0.2, -0.15) is 0 Å². The second kappa shape index (κ2) is 7.78. The van der Waals surface area contributed by atoms with Gasteiger partial charge in [-0.3, -0.25) is 14.9 Å². The summed E-state index contributed by atoms with van der Waals surface area (Å²) in [7, 11) is 3.02. The van der Waals surface area contributed by atoms with E-state index >= 15 is 0 Å². The minimum absolute atomic E-state index is 0.0492. The number of hydrogen-bond donors (Lipinski definition) is 1. The fourth-order valence-corrected chi connectivity index (χ4v) is 1.70. The highest BCUT2D eigenvalue weighted by molar-refractivity contribution is 6.33. The molecular weight excluding hydrogens is 288 g/mol. The third-order valence-electron chi connectivity index (χ3n) is 2.58. The molecule has 1 rings (SSSR count). The molecule has 0 saturated heterocycles. The number of nitro benzene ring substituents is 1. The molecule has 0 aliphatic carbocycles. The zero-order valence-electron chi connectivity index (χ0n) is 11.1. The van der Waals surface area contributed by atoms with Crippen LogP contribution in [0.5, 0.6) is 0 Å². The van der Waals surface area contributed by atoms with Gasteiger partial charge in [-0.15, -0.1) is 0 Å². The van der Waals surface area contributed by atoms with Gasteiger partial charge >= 0.3 is 0 Å². The number of carbonyl (C=O) groups is 1. The topological polar surface area (TPSA) is 90.7 Å². The van der Waals surface area contributed by atoms with Crippen LogP contribution in [-0.4, -0.2) is 44.3 Å². The molecule has 1 aromatic carbocycles. The summed E-state index contributed by atoms with van der Waals surface area (Å²) < 4.78 is 10.0. The van der Waals surface area contributed by atoms with Crippen molar-refractivity contribution in [1.29, 1.82) is 0 Å². The summed E-state index contributed by atoms with van der Waals surface area (Å²) in [6, 6.07) is 3.69. The van der Waals surface area contributed by atoms with Crippen molar-refractivity contribution in [1.82, 2.24) is 5.32 Å². The lowest BCUT2D eigenvalue weighted by Crippen LogP contribution is -2.35. The number of nitrogens with one attached hydrogen (secondary N) is 1. The molecule has 110 valence electrons. The first kappa shape index (κ1) is 16.4. The van der Waals surface area contributed by atoms with Gasteiger partial charge in [0.2, 0.25) is 0 Å². The van der Waals surface area contributed by atoms with Crippen LogP contribution in [-0.2, 0) is 9.47 Å². The molecule has 1 amide bonds. The second-order valence-electron chi connectivity index (χ2n) is 3.94. The van der Waals surface area contributed by atoms with Gasteiger partial charge in [0.05, 0.1) is 28.2 Å². The van der Waals surface area contributed by atoms with Gasteiger partial charge in [0.1, 0.15) is 0 Å². The van der Waals surface area contributed by atoms with Crippen molar-refractivity contribution < 1.29 is 19.2 Å². The van der Waals surface area contributed by atoms with Crippen molar-refractivity contribution in [3.63, 3.8) is 0 Å². The molecule has 7 nitrogen and oxygen atoms in total. The lowest BCUT2D eigenvalue weighted by Gasteiger charge is -2.15. The number of amides is 1. The standard InChI is InChI=1S/C12H15ClN2O5/c1-19-7-9(20-2)6-14-12(16)10-5-8(15(17)18)3-4-11(10)13/h3-5,9H,6-7H2,1-2H3,(H,14,16). The van der Waals surface area contributed by atoms with E-state index in [4.69, 9.17) is 21.1 Å². The molecule has 0 heterocycles. The van der Waals surface area contributed by atoms with Crippen LogP contribution in [0.1, 0.15) is 10.4 Å². The lowest BCUT2D eigenvalue weighted by molar-refractivity contribution is -0.384. The largest absolute Gasteiger partial charge is 0.382 e. The summed E-state index contributed by atoms with van der Waals surface area (Å²) in [5.74, 6) is -0.503. The van der Waals surface area contributed by atoms with Crippen molar-refractivity contribution in [2.45, 2.75) is 6.10 Å². The molecule has 0 bridgehead atoms. The van der Waals surface area contributed by atoms with Crippen LogP contribution in [0.3, 0.4) is 0 Å². The molecule has 20 heavy (non-hydrogen) atoms. The average molecular weight is 303 g/mol. The second-order valence-corrected chi connectivity index (χ2v) is 4.35. The van der Waals surface area contributed by atoms with Gasteiger partial charge in [-0.05, 0) is 6.07 Å². The maximum atomic E-state index is 12.0. The minimum atomic E-state index is -0.587. The predicted molar refractivity (Wildman–Crippen MR) is 73.1 cm³/mol. The summed E-state index contributed by atoms with van der Waals surface area (Å²) in [6.45, 7) is 0.529. The number of nitro groups is 1. The van der Waals surface area contributed by atoms with E-state index in [0.717, 1.165) is 6.07 Å². The van der Waals surface area contributed by atoms with Crippen molar-refractivity contribution in [2.75, 3.05) is 27.4 Å². The smallest absolute Gasteiger partial charge is 0.270 e. The van der Waals surface area contributed by atoms with Crippen LogP contribution in [0.15, 0.2) is 18.2 Å². The highest BCUT2D eigenvalue weighted by Gasteiger charge is 2.17. The maximum absolute atomic E-state index is 12.0. The van der Waals surface area contributed by atoms with Gasteiger partial charge in [-0.1, -0.05) is 11.6 Å². The maximum Gasteiger partial charge on any atom is 0.270 e. The van der Waals surface area contributed by atoms with Gasteiger partial charge in [0.15, 0.2) is 0 Å². The number of non-ortho nitro benzene ring substituents is 1. The van der Waals surface area contributed by atoms with Gasteiger partial charge in [0.25, 0.3) is 11.6 Å². The molecule has 1 unspecified atom stereocenters. The Hall–Kier alpha value is -1.70. The number of benzene rings is 1. The highest BCUT2D eigenvalue weighted by Crippen LogP contribution is 2.21. The Morgan fingerprint density at radius 1 is 1.50 bits per heavy atom. The van der Waals surface area contributed by atoms with Crippen molar-refractivity contribution in [3.05, 3.63) is 38.9 Å². The molecule has 0 aliphatic rings. The Morgan fingerprint density at radius 3 is 2.75 bits per heavy atom. The Kier molecular flexibility index (Phi) is 6.37. The number of halogens is 1. The summed E-state index contributed by atoms with van der Waals surface area (Å²) in [6.07, 6.45) is -0.304. The van der Waals surface area contributed by atoms with Crippen LogP contribution in [0.4, 0.5) is 5.69 Å². The van der Waals surface area contributed by atoms with E-state index in [-0.39, 0.29) is 28.9 Å². The molecule has 0 radical (unpaired) electrons. The number of rotatable bonds is 7. The molecule has 0 fully saturated rings. The number of nitrogens with zero attached hydrogens (tertiary/aromatic N) is 1. The monoisotopic (exact) mass is 302 g/mol. The third kappa shape index (κ3) is 4.44. The molecule has 0 spiro atoms. The molecule has 8 heteroatoms. The summed E-state index contributed by atoms with van der Waals surface area (Å²) in [4.78, 5) is 22.0. The zero-order chi connectivity index (χ0) is 15.1. The quantitative estimate of drug-likeness (QED) is 0.611. The number of methoxy groups -OCH3 is 2. The van der Waals surface area contributed by atoms with Crippen molar-refractivity contribution in [3.8, 4) is 0 Å². The van der Waals surface area contributed by atoms with Gasteiger partial charge in [0, 0.05) is 32.9 Å². The van der Waals surface area contributed by atoms with E-state index in [1.54, 1.807) is 0 Å². The molecular formula is C12H15ClN2O5.